The molecular weight excluding hydrogens is 300 g/mol. The predicted molar refractivity (Wildman–Crippen MR) is 84.5 cm³/mol. The number of aryl methyl sites for hydroxylation is 1. The lowest BCUT2D eigenvalue weighted by Gasteiger charge is -1.96. The highest BCUT2D eigenvalue weighted by Crippen LogP contribution is 2.31. The maximum Gasteiger partial charge on any atom is 0.269 e. The van der Waals surface area contributed by atoms with Gasteiger partial charge in [-0.3, -0.25) is 4.68 Å². The van der Waals surface area contributed by atoms with Gasteiger partial charge in [-0.15, -0.1) is 10.2 Å². The van der Waals surface area contributed by atoms with Crippen LogP contribution < -0.4 is 0 Å². The standard InChI is InChI=1S/C16H11ClN4O/c1-21-13-9-5-3-7-11(13)14(20-21)16-19-18-15(22-16)10-6-2-4-8-12(10)17/h2-9H,1H3. The second kappa shape index (κ2) is 4.96. The third-order valence-corrected chi connectivity index (χ3v) is 3.82. The number of benzene rings is 2. The Balaban J connectivity index is 1.86. The molecule has 22 heavy (non-hydrogen) atoms. The van der Waals surface area contributed by atoms with Gasteiger partial charge in [0.05, 0.1) is 16.1 Å². The largest absolute Gasteiger partial charge is 0.414 e. The first-order valence-electron chi connectivity index (χ1n) is 6.74. The van der Waals surface area contributed by atoms with Crippen LogP contribution in [0.3, 0.4) is 0 Å². The van der Waals surface area contributed by atoms with Crippen LogP contribution in [0.5, 0.6) is 0 Å². The number of hydrogen-bond acceptors (Lipinski definition) is 4. The first-order valence-corrected chi connectivity index (χ1v) is 7.12. The van der Waals surface area contributed by atoms with E-state index in [-0.39, 0.29) is 0 Å². The molecular formula is C16H11ClN4O. The molecule has 0 aliphatic heterocycles. The number of aromatic nitrogens is 4. The second-order valence-electron chi connectivity index (χ2n) is 4.88. The summed E-state index contributed by atoms with van der Waals surface area (Å²) in [5.74, 6) is 0.766. The molecule has 4 rings (SSSR count). The van der Waals surface area contributed by atoms with Gasteiger partial charge in [-0.25, -0.2) is 0 Å². The molecule has 0 amide bonds. The quantitative estimate of drug-likeness (QED) is 0.562. The van der Waals surface area contributed by atoms with Gasteiger partial charge < -0.3 is 4.42 Å². The number of halogens is 1. The van der Waals surface area contributed by atoms with Gasteiger partial charge >= 0.3 is 0 Å². The van der Waals surface area contributed by atoms with Gasteiger partial charge in [-0.05, 0) is 18.2 Å². The summed E-state index contributed by atoms with van der Waals surface area (Å²) in [6.07, 6.45) is 0. The smallest absolute Gasteiger partial charge is 0.269 e. The Hall–Kier alpha value is -2.66. The summed E-state index contributed by atoms with van der Waals surface area (Å²) in [6, 6.07) is 15.3. The summed E-state index contributed by atoms with van der Waals surface area (Å²) in [4.78, 5) is 0. The zero-order valence-electron chi connectivity index (χ0n) is 11.7. The van der Waals surface area contributed by atoms with Crippen molar-refractivity contribution >= 4 is 22.5 Å². The number of para-hydroxylation sites is 1. The lowest BCUT2D eigenvalue weighted by Crippen LogP contribution is -1.89. The van der Waals surface area contributed by atoms with Crippen LogP contribution >= 0.6 is 11.6 Å². The minimum atomic E-state index is 0.381. The fraction of sp³-hybridized carbons (Fsp3) is 0.0625. The molecule has 2 aromatic heterocycles. The van der Waals surface area contributed by atoms with Gasteiger partial charge in [-0.1, -0.05) is 41.9 Å². The summed E-state index contributed by atoms with van der Waals surface area (Å²) in [6.45, 7) is 0. The van der Waals surface area contributed by atoms with E-state index in [1.54, 1.807) is 10.7 Å². The fourth-order valence-electron chi connectivity index (χ4n) is 2.43. The Kier molecular flexibility index (Phi) is 2.94. The van der Waals surface area contributed by atoms with Crippen molar-refractivity contribution in [3.8, 4) is 23.0 Å². The Bertz CT molecular complexity index is 973. The average Bonchev–Trinajstić information content (AvgIpc) is 3.13. The highest BCUT2D eigenvalue weighted by atomic mass is 35.5. The van der Waals surface area contributed by atoms with Crippen LogP contribution in [0, 0.1) is 0 Å². The summed E-state index contributed by atoms with van der Waals surface area (Å²) < 4.78 is 7.57. The van der Waals surface area contributed by atoms with Crippen molar-refractivity contribution in [2.75, 3.05) is 0 Å². The number of hydrogen-bond donors (Lipinski definition) is 0. The molecule has 0 atom stereocenters. The molecule has 0 bridgehead atoms. The molecule has 0 saturated heterocycles. The molecule has 0 fully saturated rings. The normalized spacial score (nSPS) is 11.2. The van der Waals surface area contributed by atoms with Crippen LogP contribution in [-0.4, -0.2) is 20.0 Å². The Morgan fingerprint density at radius 2 is 1.68 bits per heavy atom. The van der Waals surface area contributed by atoms with Gasteiger partial charge in [0, 0.05) is 12.4 Å². The van der Waals surface area contributed by atoms with E-state index < -0.39 is 0 Å². The van der Waals surface area contributed by atoms with E-state index >= 15 is 0 Å². The SMILES string of the molecule is Cn1nc(-c2nnc(-c3ccccc3Cl)o2)c2ccccc21. The fourth-order valence-corrected chi connectivity index (χ4v) is 2.65. The van der Waals surface area contributed by atoms with Gasteiger partial charge in [0.25, 0.3) is 5.89 Å². The van der Waals surface area contributed by atoms with Gasteiger partial charge in [0.1, 0.15) is 0 Å². The van der Waals surface area contributed by atoms with E-state index in [4.69, 9.17) is 16.0 Å². The zero-order valence-corrected chi connectivity index (χ0v) is 12.4. The monoisotopic (exact) mass is 310 g/mol. The molecule has 0 N–H and O–H groups in total. The van der Waals surface area contributed by atoms with Gasteiger partial charge in [-0.2, -0.15) is 5.10 Å². The van der Waals surface area contributed by atoms with Crippen molar-refractivity contribution in [3.05, 3.63) is 53.6 Å². The van der Waals surface area contributed by atoms with E-state index in [0.29, 0.717) is 28.1 Å². The number of nitrogens with zero attached hydrogens (tertiary/aromatic N) is 4. The third kappa shape index (κ3) is 1.98. The lowest BCUT2D eigenvalue weighted by atomic mass is 10.2. The maximum absolute atomic E-state index is 6.17. The van der Waals surface area contributed by atoms with Crippen molar-refractivity contribution in [2.45, 2.75) is 0 Å². The summed E-state index contributed by atoms with van der Waals surface area (Å²) in [5.41, 5.74) is 2.39. The summed E-state index contributed by atoms with van der Waals surface area (Å²) in [5, 5.41) is 14.2. The molecule has 0 radical (unpaired) electrons. The summed E-state index contributed by atoms with van der Waals surface area (Å²) in [7, 11) is 1.89. The van der Waals surface area contributed by atoms with Crippen LogP contribution in [0.1, 0.15) is 0 Å². The highest BCUT2D eigenvalue weighted by molar-refractivity contribution is 6.33. The van der Waals surface area contributed by atoms with Crippen molar-refractivity contribution in [1.29, 1.82) is 0 Å². The Morgan fingerprint density at radius 3 is 2.55 bits per heavy atom. The average molecular weight is 311 g/mol. The van der Waals surface area contributed by atoms with Gasteiger partial charge in [0.15, 0.2) is 5.69 Å². The first-order chi connectivity index (χ1) is 10.7. The molecule has 5 nitrogen and oxygen atoms in total. The molecule has 0 spiro atoms. The van der Waals surface area contributed by atoms with E-state index in [9.17, 15) is 0 Å². The molecule has 6 heteroatoms. The Labute approximate surface area is 131 Å². The van der Waals surface area contributed by atoms with Crippen LogP contribution in [0.2, 0.25) is 5.02 Å². The topological polar surface area (TPSA) is 56.7 Å². The molecule has 0 unspecified atom stereocenters. The van der Waals surface area contributed by atoms with Crippen molar-refractivity contribution in [1.82, 2.24) is 20.0 Å². The number of fused-ring (bicyclic) bond motifs is 1. The molecule has 0 aliphatic rings. The molecule has 2 aromatic carbocycles. The molecule has 2 heterocycles. The zero-order chi connectivity index (χ0) is 15.1. The van der Waals surface area contributed by atoms with Crippen molar-refractivity contribution < 1.29 is 4.42 Å². The van der Waals surface area contributed by atoms with Crippen molar-refractivity contribution in [2.24, 2.45) is 7.05 Å². The van der Waals surface area contributed by atoms with E-state index in [1.807, 2.05) is 49.5 Å². The van der Waals surface area contributed by atoms with E-state index in [2.05, 4.69) is 15.3 Å². The molecule has 0 saturated carbocycles. The molecule has 0 aliphatic carbocycles. The number of rotatable bonds is 2. The summed E-state index contributed by atoms with van der Waals surface area (Å²) >= 11 is 6.17. The first kappa shape index (κ1) is 13.0. The second-order valence-corrected chi connectivity index (χ2v) is 5.29. The van der Waals surface area contributed by atoms with Crippen molar-refractivity contribution in [3.63, 3.8) is 0 Å². The van der Waals surface area contributed by atoms with Crippen LogP contribution in [0.4, 0.5) is 0 Å². The minimum absolute atomic E-state index is 0.381. The maximum atomic E-state index is 6.17. The van der Waals surface area contributed by atoms with Crippen LogP contribution in [0.25, 0.3) is 33.9 Å². The van der Waals surface area contributed by atoms with Gasteiger partial charge in [0.2, 0.25) is 5.89 Å². The third-order valence-electron chi connectivity index (χ3n) is 3.49. The van der Waals surface area contributed by atoms with Crippen LogP contribution in [0.15, 0.2) is 52.9 Å². The Morgan fingerprint density at radius 1 is 0.955 bits per heavy atom. The minimum Gasteiger partial charge on any atom is -0.414 e. The lowest BCUT2D eigenvalue weighted by molar-refractivity contribution is 0.580. The van der Waals surface area contributed by atoms with Crippen LogP contribution in [-0.2, 0) is 7.05 Å². The highest BCUT2D eigenvalue weighted by Gasteiger charge is 2.18. The predicted octanol–water partition coefficient (Wildman–Crippen LogP) is 3.94. The van der Waals surface area contributed by atoms with E-state index in [1.165, 1.54) is 0 Å². The molecule has 108 valence electrons. The molecule has 4 aromatic rings. The van der Waals surface area contributed by atoms with E-state index in [0.717, 1.165) is 10.9 Å².